The van der Waals surface area contributed by atoms with E-state index in [1.807, 2.05) is 0 Å². The van der Waals surface area contributed by atoms with E-state index in [1.165, 1.54) is 12.3 Å². The number of halogens is 1. The predicted octanol–water partition coefficient (Wildman–Crippen LogP) is 2.98. The van der Waals surface area contributed by atoms with Crippen molar-refractivity contribution in [1.82, 2.24) is 15.0 Å². The van der Waals surface area contributed by atoms with Crippen molar-refractivity contribution in [3.05, 3.63) is 47.1 Å². The Kier molecular flexibility index (Phi) is 2.68. The fourth-order valence-corrected chi connectivity index (χ4v) is 1.96. The van der Waals surface area contributed by atoms with Crippen LogP contribution >= 0.6 is 11.6 Å². The van der Waals surface area contributed by atoms with E-state index in [0.29, 0.717) is 22.0 Å². The number of pyridine rings is 1. The van der Waals surface area contributed by atoms with E-state index in [1.54, 1.807) is 24.3 Å². The van der Waals surface area contributed by atoms with Crippen LogP contribution in [-0.2, 0) is 0 Å². The lowest BCUT2D eigenvalue weighted by Crippen LogP contribution is -1.97. The number of nitrogens with one attached hydrogen (secondary N) is 1. The highest BCUT2D eigenvalue weighted by molar-refractivity contribution is 6.30. The van der Waals surface area contributed by atoms with Crippen molar-refractivity contribution in [3.63, 3.8) is 0 Å². The summed E-state index contributed by atoms with van der Waals surface area (Å²) in [7, 11) is 0. The number of hydrogen-bond acceptors (Lipinski definition) is 3. The lowest BCUT2D eigenvalue weighted by molar-refractivity contribution is 0.0699. The average molecular weight is 274 g/mol. The van der Waals surface area contributed by atoms with Crippen molar-refractivity contribution >= 4 is 28.7 Å². The molecule has 2 aromatic heterocycles. The van der Waals surface area contributed by atoms with Gasteiger partial charge in [-0.05, 0) is 30.3 Å². The van der Waals surface area contributed by atoms with Gasteiger partial charge in [0.2, 0.25) is 0 Å². The average Bonchev–Trinajstić information content (AvgIpc) is 2.82. The highest BCUT2D eigenvalue weighted by Crippen LogP contribution is 2.22. The molecule has 0 aliphatic heterocycles. The molecule has 2 heterocycles. The van der Waals surface area contributed by atoms with E-state index in [-0.39, 0.29) is 5.56 Å². The van der Waals surface area contributed by atoms with E-state index >= 15 is 0 Å². The first-order chi connectivity index (χ1) is 9.15. The van der Waals surface area contributed by atoms with Crippen LogP contribution < -0.4 is 0 Å². The molecule has 1 aromatic carbocycles. The molecule has 0 bridgehead atoms. The van der Waals surface area contributed by atoms with Crippen LogP contribution in [-0.4, -0.2) is 26.0 Å². The van der Waals surface area contributed by atoms with E-state index in [4.69, 9.17) is 16.7 Å². The Balaban J connectivity index is 2.19. The minimum Gasteiger partial charge on any atom is -0.478 e. The maximum atomic E-state index is 11.1. The second kappa shape index (κ2) is 4.37. The first-order valence-electron chi connectivity index (χ1n) is 5.49. The minimum absolute atomic E-state index is 0.151. The third-order valence-electron chi connectivity index (χ3n) is 2.74. The summed E-state index contributed by atoms with van der Waals surface area (Å²) in [6.45, 7) is 0. The summed E-state index contributed by atoms with van der Waals surface area (Å²) in [5, 5.41) is 9.73. The van der Waals surface area contributed by atoms with Gasteiger partial charge in [-0.1, -0.05) is 11.6 Å². The molecule has 19 heavy (non-hydrogen) atoms. The van der Waals surface area contributed by atoms with Crippen LogP contribution in [0.5, 0.6) is 0 Å². The standard InChI is InChI=1S/C13H8ClN3O2/c14-8-3-1-7(2-4-8)11-16-10-9(13(18)19)5-6-15-12(10)17-11/h1-6H,(H,18,19)(H,15,16,17). The number of nitrogens with zero attached hydrogens (tertiary/aromatic N) is 2. The molecule has 0 fully saturated rings. The van der Waals surface area contributed by atoms with Crippen LogP contribution in [0.2, 0.25) is 5.02 Å². The molecule has 0 aliphatic rings. The molecular formula is C13H8ClN3O2. The number of benzene rings is 1. The summed E-state index contributed by atoms with van der Waals surface area (Å²) in [6.07, 6.45) is 1.43. The number of fused-ring (bicyclic) bond motifs is 1. The molecular weight excluding hydrogens is 266 g/mol. The van der Waals surface area contributed by atoms with Gasteiger partial charge in [-0.25, -0.2) is 14.8 Å². The molecule has 0 atom stereocenters. The molecule has 0 saturated carbocycles. The minimum atomic E-state index is -1.02. The van der Waals surface area contributed by atoms with Gasteiger partial charge in [0.15, 0.2) is 5.65 Å². The summed E-state index contributed by atoms with van der Waals surface area (Å²) in [4.78, 5) is 22.4. The Bertz CT molecular complexity index is 765. The molecule has 0 amide bonds. The summed E-state index contributed by atoms with van der Waals surface area (Å²) in [5.41, 5.74) is 1.77. The predicted molar refractivity (Wildman–Crippen MR) is 71.3 cm³/mol. The smallest absolute Gasteiger partial charge is 0.338 e. The first-order valence-corrected chi connectivity index (χ1v) is 5.87. The lowest BCUT2D eigenvalue weighted by atomic mass is 10.2. The van der Waals surface area contributed by atoms with Gasteiger partial charge in [0, 0.05) is 16.8 Å². The summed E-state index contributed by atoms with van der Waals surface area (Å²) in [6, 6.07) is 8.54. The van der Waals surface area contributed by atoms with E-state index in [9.17, 15) is 4.79 Å². The number of carboxylic acids is 1. The normalized spacial score (nSPS) is 10.8. The molecule has 0 saturated heterocycles. The topological polar surface area (TPSA) is 78.9 Å². The zero-order valence-corrected chi connectivity index (χ0v) is 10.3. The van der Waals surface area contributed by atoms with Crippen LogP contribution in [0.15, 0.2) is 36.5 Å². The summed E-state index contributed by atoms with van der Waals surface area (Å²) >= 11 is 5.82. The number of hydrogen-bond donors (Lipinski definition) is 2. The van der Waals surface area contributed by atoms with Crippen molar-refractivity contribution in [2.75, 3.05) is 0 Å². The third-order valence-corrected chi connectivity index (χ3v) is 2.99. The Labute approximate surface area is 112 Å². The van der Waals surface area contributed by atoms with Gasteiger partial charge in [-0.3, -0.25) is 0 Å². The van der Waals surface area contributed by atoms with E-state index < -0.39 is 5.97 Å². The Morgan fingerprint density at radius 1 is 1.21 bits per heavy atom. The van der Waals surface area contributed by atoms with E-state index in [0.717, 1.165) is 5.56 Å². The fraction of sp³-hybridized carbons (Fsp3) is 0. The van der Waals surface area contributed by atoms with Crippen molar-refractivity contribution in [3.8, 4) is 11.4 Å². The maximum absolute atomic E-state index is 11.1. The summed E-state index contributed by atoms with van der Waals surface area (Å²) in [5.74, 6) is -0.452. The number of aromatic carboxylic acids is 1. The molecule has 94 valence electrons. The van der Waals surface area contributed by atoms with E-state index in [2.05, 4.69) is 15.0 Å². The van der Waals surface area contributed by atoms with Gasteiger partial charge < -0.3 is 10.1 Å². The first kappa shape index (κ1) is 11.7. The monoisotopic (exact) mass is 273 g/mol. The highest BCUT2D eigenvalue weighted by Gasteiger charge is 2.13. The van der Waals surface area contributed by atoms with Crippen molar-refractivity contribution in [1.29, 1.82) is 0 Å². The number of H-pyrrole nitrogens is 1. The largest absolute Gasteiger partial charge is 0.478 e. The zero-order valence-electron chi connectivity index (χ0n) is 9.59. The molecule has 5 nitrogen and oxygen atoms in total. The van der Waals surface area contributed by atoms with Gasteiger partial charge in [-0.2, -0.15) is 0 Å². The zero-order chi connectivity index (χ0) is 13.4. The number of rotatable bonds is 2. The fourth-order valence-electron chi connectivity index (χ4n) is 1.83. The molecule has 0 aliphatic carbocycles. The number of aromatic amines is 1. The highest BCUT2D eigenvalue weighted by atomic mass is 35.5. The van der Waals surface area contributed by atoms with Crippen LogP contribution in [0, 0.1) is 0 Å². The van der Waals surface area contributed by atoms with Gasteiger partial charge in [0.05, 0.1) is 11.1 Å². The molecule has 0 unspecified atom stereocenters. The number of carbonyl (C=O) groups is 1. The summed E-state index contributed by atoms with van der Waals surface area (Å²) < 4.78 is 0. The molecule has 0 spiro atoms. The second-order valence-electron chi connectivity index (χ2n) is 3.95. The quantitative estimate of drug-likeness (QED) is 0.752. The van der Waals surface area contributed by atoms with Crippen LogP contribution in [0.25, 0.3) is 22.6 Å². The molecule has 3 aromatic rings. The van der Waals surface area contributed by atoms with Crippen molar-refractivity contribution in [2.45, 2.75) is 0 Å². The molecule has 6 heteroatoms. The van der Waals surface area contributed by atoms with Gasteiger partial charge in [0.1, 0.15) is 5.82 Å². The van der Waals surface area contributed by atoms with Gasteiger partial charge >= 0.3 is 5.97 Å². The number of carboxylic acid groups (broad SMARTS) is 1. The SMILES string of the molecule is O=C(O)c1ccnc2nc(-c3ccc(Cl)cc3)[nH]c12. The Morgan fingerprint density at radius 3 is 2.63 bits per heavy atom. The maximum Gasteiger partial charge on any atom is 0.338 e. The number of aromatic nitrogens is 3. The second-order valence-corrected chi connectivity index (χ2v) is 4.39. The van der Waals surface area contributed by atoms with Crippen LogP contribution in [0.4, 0.5) is 0 Å². The molecule has 0 radical (unpaired) electrons. The molecule has 2 N–H and O–H groups in total. The number of imidazole rings is 1. The lowest BCUT2D eigenvalue weighted by Gasteiger charge is -1.96. The van der Waals surface area contributed by atoms with Crippen molar-refractivity contribution in [2.24, 2.45) is 0 Å². The Morgan fingerprint density at radius 2 is 1.95 bits per heavy atom. The van der Waals surface area contributed by atoms with Gasteiger partial charge in [-0.15, -0.1) is 0 Å². The van der Waals surface area contributed by atoms with Gasteiger partial charge in [0.25, 0.3) is 0 Å². The Hall–Kier alpha value is -2.40. The van der Waals surface area contributed by atoms with Crippen LogP contribution in [0.3, 0.4) is 0 Å². The molecule has 3 rings (SSSR count). The van der Waals surface area contributed by atoms with Crippen molar-refractivity contribution < 1.29 is 9.90 Å². The third kappa shape index (κ3) is 2.04. The van der Waals surface area contributed by atoms with Crippen LogP contribution in [0.1, 0.15) is 10.4 Å².